The van der Waals surface area contributed by atoms with Crippen LogP contribution in [0.2, 0.25) is 25.2 Å². The number of hydrogen-bond acceptors (Lipinski definition) is 2. The molecule has 0 N–H and O–H groups in total. The molecule has 1 aromatic rings. The average Bonchev–Trinajstić information content (AvgIpc) is 2.25. The fourth-order valence-corrected chi connectivity index (χ4v) is 3.41. The zero-order valence-corrected chi connectivity index (χ0v) is 11.5. The lowest BCUT2D eigenvalue weighted by molar-refractivity contribution is -0.140. The highest BCUT2D eigenvalue weighted by Crippen LogP contribution is 2.27. The minimum absolute atomic E-state index is 0.0416. The third-order valence-electron chi connectivity index (χ3n) is 2.81. The molecule has 0 saturated heterocycles. The molecule has 0 saturated carbocycles. The molecule has 0 amide bonds. The normalized spacial score (nSPS) is 13.2. The van der Waals surface area contributed by atoms with Gasteiger partial charge in [0.15, 0.2) is 0 Å². The number of ether oxygens (including phenoxy) is 1. The summed E-state index contributed by atoms with van der Waals surface area (Å²) < 4.78 is 4.91. The van der Waals surface area contributed by atoms with Crippen LogP contribution in [0.5, 0.6) is 0 Å². The van der Waals surface area contributed by atoms with Crippen molar-refractivity contribution in [2.45, 2.75) is 31.6 Å². The van der Waals surface area contributed by atoms with E-state index in [0.29, 0.717) is 0 Å². The molecule has 0 radical (unpaired) electrons. The van der Waals surface area contributed by atoms with Crippen LogP contribution >= 0.6 is 0 Å². The molecule has 0 fully saturated rings. The molecular weight excluding hydrogens is 216 g/mol. The summed E-state index contributed by atoms with van der Waals surface area (Å²) >= 11 is 0. The fourth-order valence-electron chi connectivity index (χ4n) is 1.74. The Morgan fingerprint density at radius 1 is 1.25 bits per heavy atom. The van der Waals surface area contributed by atoms with Gasteiger partial charge in [-0.3, -0.25) is 4.79 Å². The van der Waals surface area contributed by atoms with Crippen LogP contribution in [0.3, 0.4) is 0 Å². The van der Waals surface area contributed by atoms with Gasteiger partial charge in [-0.2, -0.15) is 0 Å². The third kappa shape index (κ3) is 3.49. The van der Waals surface area contributed by atoms with Crippen LogP contribution in [0.25, 0.3) is 0 Å². The van der Waals surface area contributed by atoms with Crippen molar-refractivity contribution in [3.05, 3.63) is 35.9 Å². The molecule has 0 heterocycles. The lowest BCUT2D eigenvalue weighted by Crippen LogP contribution is -2.35. The first kappa shape index (κ1) is 13.0. The number of carbonyl (C=O) groups is 1. The molecule has 2 nitrogen and oxygen atoms in total. The summed E-state index contributed by atoms with van der Waals surface area (Å²) in [6.45, 7) is 6.62. The van der Waals surface area contributed by atoms with Gasteiger partial charge in [0, 0.05) is 0 Å². The number of rotatable bonds is 4. The Kier molecular flexibility index (Phi) is 4.30. The second-order valence-corrected chi connectivity index (χ2v) is 10.6. The standard InChI is InChI=1S/C13H20O2Si/c1-15-13(14)12(16(2,3)4)10-11-8-6-5-7-9-11/h5-9,12H,10H2,1-4H3/t12-/m1/s1. The first-order chi connectivity index (χ1) is 7.45. The van der Waals surface area contributed by atoms with E-state index in [1.807, 2.05) is 18.2 Å². The maximum absolute atomic E-state index is 11.8. The lowest BCUT2D eigenvalue weighted by Gasteiger charge is -2.26. The minimum atomic E-state index is -1.53. The number of esters is 1. The molecular formula is C13H20O2Si. The Morgan fingerprint density at radius 3 is 2.25 bits per heavy atom. The van der Waals surface area contributed by atoms with Crippen LogP contribution in [-0.2, 0) is 16.0 Å². The van der Waals surface area contributed by atoms with Crippen molar-refractivity contribution >= 4 is 14.0 Å². The minimum Gasteiger partial charge on any atom is -0.469 e. The molecule has 88 valence electrons. The van der Waals surface area contributed by atoms with Crippen molar-refractivity contribution in [2.75, 3.05) is 7.11 Å². The summed E-state index contributed by atoms with van der Waals surface area (Å²) in [5, 5.41) is 0. The molecule has 16 heavy (non-hydrogen) atoms. The van der Waals surface area contributed by atoms with E-state index in [-0.39, 0.29) is 11.5 Å². The zero-order valence-electron chi connectivity index (χ0n) is 10.5. The second-order valence-electron chi connectivity index (χ2n) is 5.13. The van der Waals surface area contributed by atoms with Gasteiger partial charge < -0.3 is 4.74 Å². The highest BCUT2D eigenvalue weighted by Gasteiger charge is 2.33. The summed E-state index contributed by atoms with van der Waals surface area (Å²) in [6, 6.07) is 10.1. The Balaban J connectivity index is 2.84. The van der Waals surface area contributed by atoms with Crippen molar-refractivity contribution in [3.8, 4) is 0 Å². The maximum atomic E-state index is 11.8. The van der Waals surface area contributed by atoms with Gasteiger partial charge in [-0.05, 0) is 12.0 Å². The van der Waals surface area contributed by atoms with Gasteiger partial charge in [-0.1, -0.05) is 50.0 Å². The Hall–Kier alpha value is -1.09. The Bertz CT molecular complexity index is 341. The molecule has 3 heteroatoms. The van der Waals surface area contributed by atoms with Gasteiger partial charge in [0.1, 0.15) is 0 Å². The van der Waals surface area contributed by atoms with E-state index in [1.165, 1.54) is 12.7 Å². The summed E-state index contributed by atoms with van der Waals surface area (Å²) in [4.78, 5) is 11.8. The van der Waals surface area contributed by atoms with E-state index < -0.39 is 8.07 Å². The van der Waals surface area contributed by atoms with Gasteiger partial charge in [0.2, 0.25) is 0 Å². The van der Waals surface area contributed by atoms with Crippen LogP contribution in [0.15, 0.2) is 30.3 Å². The average molecular weight is 236 g/mol. The van der Waals surface area contributed by atoms with Crippen molar-refractivity contribution in [1.82, 2.24) is 0 Å². The zero-order chi connectivity index (χ0) is 12.2. The molecule has 1 aromatic carbocycles. The van der Waals surface area contributed by atoms with Crippen molar-refractivity contribution < 1.29 is 9.53 Å². The summed E-state index contributed by atoms with van der Waals surface area (Å²) in [6.07, 6.45) is 0.795. The highest BCUT2D eigenvalue weighted by atomic mass is 28.3. The molecule has 0 aliphatic carbocycles. The predicted molar refractivity (Wildman–Crippen MR) is 69.3 cm³/mol. The number of hydrogen-bond donors (Lipinski definition) is 0. The smallest absolute Gasteiger partial charge is 0.306 e. The van der Waals surface area contributed by atoms with Crippen LogP contribution in [0.1, 0.15) is 5.56 Å². The lowest BCUT2D eigenvalue weighted by atomic mass is 10.1. The largest absolute Gasteiger partial charge is 0.469 e. The molecule has 0 aromatic heterocycles. The molecule has 1 atom stereocenters. The molecule has 0 aliphatic rings. The molecule has 0 spiro atoms. The first-order valence-electron chi connectivity index (χ1n) is 5.57. The van der Waals surface area contributed by atoms with Crippen LogP contribution in [0.4, 0.5) is 0 Å². The van der Waals surface area contributed by atoms with Gasteiger partial charge in [-0.15, -0.1) is 0 Å². The number of benzene rings is 1. The fraction of sp³-hybridized carbons (Fsp3) is 0.462. The molecule has 0 bridgehead atoms. The SMILES string of the molecule is COC(=O)[C@@H](Cc1ccccc1)[Si](C)(C)C. The molecule has 0 unspecified atom stereocenters. The Labute approximate surface area is 98.6 Å². The third-order valence-corrected chi connectivity index (χ3v) is 5.34. The quantitative estimate of drug-likeness (QED) is 0.593. The summed E-state index contributed by atoms with van der Waals surface area (Å²) in [5.41, 5.74) is 1.25. The number of carbonyl (C=O) groups excluding carboxylic acids is 1. The highest BCUT2D eigenvalue weighted by molar-refractivity contribution is 6.80. The van der Waals surface area contributed by atoms with Crippen LogP contribution < -0.4 is 0 Å². The molecule has 1 rings (SSSR count). The summed E-state index contributed by atoms with van der Waals surface area (Å²) in [7, 11) is -0.0553. The second kappa shape index (κ2) is 5.30. The van der Waals surface area contributed by atoms with E-state index in [9.17, 15) is 4.79 Å². The van der Waals surface area contributed by atoms with E-state index in [4.69, 9.17) is 4.74 Å². The molecule has 0 aliphatic heterocycles. The van der Waals surface area contributed by atoms with Crippen LogP contribution in [-0.4, -0.2) is 21.2 Å². The van der Waals surface area contributed by atoms with Gasteiger partial charge >= 0.3 is 5.97 Å². The number of methoxy groups -OCH3 is 1. The Morgan fingerprint density at radius 2 is 1.81 bits per heavy atom. The van der Waals surface area contributed by atoms with Crippen molar-refractivity contribution in [3.63, 3.8) is 0 Å². The van der Waals surface area contributed by atoms with E-state index in [1.54, 1.807) is 0 Å². The van der Waals surface area contributed by atoms with Crippen molar-refractivity contribution in [1.29, 1.82) is 0 Å². The topological polar surface area (TPSA) is 26.3 Å². The van der Waals surface area contributed by atoms with Gasteiger partial charge in [0.25, 0.3) is 0 Å². The first-order valence-corrected chi connectivity index (χ1v) is 9.14. The monoisotopic (exact) mass is 236 g/mol. The summed E-state index contributed by atoms with van der Waals surface area (Å²) in [5.74, 6) is -0.0666. The maximum Gasteiger partial charge on any atom is 0.306 e. The predicted octanol–water partition coefficient (Wildman–Crippen LogP) is 3.11. The van der Waals surface area contributed by atoms with Crippen molar-refractivity contribution in [2.24, 2.45) is 0 Å². The van der Waals surface area contributed by atoms with Gasteiger partial charge in [-0.25, -0.2) is 0 Å². The van der Waals surface area contributed by atoms with E-state index in [2.05, 4.69) is 31.8 Å². The van der Waals surface area contributed by atoms with Gasteiger partial charge in [0.05, 0.1) is 20.7 Å². The van der Waals surface area contributed by atoms with E-state index in [0.717, 1.165) is 6.42 Å². The van der Waals surface area contributed by atoms with Crippen LogP contribution in [0, 0.1) is 0 Å². The van der Waals surface area contributed by atoms with E-state index >= 15 is 0 Å².